The Kier molecular flexibility index (Phi) is 5.17. The lowest BCUT2D eigenvalue weighted by Gasteiger charge is -2.13. The molecule has 0 aliphatic heterocycles. The lowest BCUT2D eigenvalue weighted by Crippen LogP contribution is -2.17. The number of pyridine rings is 1. The van der Waals surface area contributed by atoms with Crippen molar-refractivity contribution < 1.29 is 4.79 Å². The third kappa shape index (κ3) is 4.09. The van der Waals surface area contributed by atoms with Gasteiger partial charge in [0.1, 0.15) is 5.82 Å². The molecule has 0 bridgehead atoms. The van der Waals surface area contributed by atoms with Gasteiger partial charge in [-0.05, 0) is 46.8 Å². The second-order valence-corrected chi connectivity index (χ2v) is 5.80. The maximum Gasteiger partial charge on any atom is 0.225 e. The van der Waals surface area contributed by atoms with Crippen molar-refractivity contribution in [2.75, 3.05) is 5.32 Å². The average molecular weight is 311 g/mol. The van der Waals surface area contributed by atoms with Crippen molar-refractivity contribution in [3.05, 3.63) is 22.8 Å². The van der Waals surface area contributed by atoms with Crippen LogP contribution in [0.25, 0.3) is 0 Å². The average Bonchev–Trinajstić information content (AvgIpc) is 2.61. The van der Waals surface area contributed by atoms with E-state index < -0.39 is 0 Å². The van der Waals surface area contributed by atoms with Gasteiger partial charge in [-0.15, -0.1) is 0 Å². The molecule has 1 aliphatic carbocycles. The van der Waals surface area contributed by atoms with E-state index in [1.165, 1.54) is 38.5 Å². The minimum Gasteiger partial charge on any atom is -0.310 e. The van der Waals surface area contributed by atoms with Crippen LogP contribution in [0.1, 0.15) is 44.9 Å². The number of anilines is 1. The molecule has 98 valence electrons. The number of nitrogens with zero attached hydrogens (tertiary/aromatic N) is 1. The maximum atomic E-state index is 12.0. The zero-order valence-corrected chi connectivity index (χ0v) is 12.1. The molecule has 1 fully saturated rings. The van der Waals surface area contributed by atoms with Gasteiger partial charge in [-0.25, -0.2) is 4.98 Å². The van der Waals surface area contributed by atoms with Crippen molar-refractivity contribution in [1.29, 1.82) is 0 Å². The number of hydrogen-bond donors (Lipinski definition) is 1. The number of amides is 1. The fourth-order valence-electron chi connectivity index (χ4n) is 2.49. The van der Waals surface area contributed by atoms with E-state index in [9.17, 15) is 4.79 Å². The molecule has 0 atom stereocenters. The minimum atomic E-state index is 0.0845. The molecule has 1 heterocycles. The largest absolute Gasteiger partial charge is 0.310 e. The lowest BCUT2D eigenvalue weighted by molar-refractivity contribution is -0.117. The summed E-state index contributed by atoms with van der Waals surface area (Å²) in [6, 6.07) is 3.72. The Morgan fingerprint density at radius 1 is 1.33 bits per heavy atom. The molecule has 1 amide bonds. The monoisotopic (exact) mass is 310 g/mol. The van der Waals surface area contributed by atoms with Crippen LogP contribution < -0.4 is 5.32 Å². The molecular weight excluding hydrogens is 292 g/mol. The molecule has 1 saturated carbocycles. The molecule has 1 aromatic heterocycles. The van der Waals surface area contributed by atoms with Crippen LogP contribution in [-0.2, 0) is 4.79 Å². The van der Waals surface area contributed by atoms with E-state index in [1.54, 1.807) is 6.20 Å². The van der Waals surface area contributed by atoms with Gasteiger partial charge in [0.15, 0.2) is 0 Å². The van der Waals surface area contributed by atoms with Gasteiger partial charge < -0.3 is 5.32 Å². The highest BCUT2D eigenvalue weighted by atomic mass is 79.9. The minimum absolute atomic E-state index is 0.0845. The van der Waals surface area contributed by atoms with Crippen LogP contribution in [0.5, 0.6) is 0 Å². The highest BCUT2D eigenvalue weighted by Gasteiger charge is 2.16. The quantitative estimate of drug-likeness (QED) is 0.852. The Bertz CT molecular complexity index is 401. The third-order valence-electron chi connectivity index (χ3n) is 3.47. The van der Waals surface area contributed by atoms with E-state index >= 15 is 0 Å². The Morgan fingerprint density at radius 2 is 2.06 bits per heavy atom. The van der Waals surface area contributed by atoms with Crippen molar-refractivity contribution in [3.8, 4) is 0 Å². The van der Waals surface area contributed by atoms with Crippen LogP contribution in [0.15, 0.2) is 22.8 Å². The predicted molar refractivity (Wildman–Crippen MR) is 76.4 cm³/mol. The number of nitrogens with one attached hydrogen (secondary N) is 1. The van der Waals surface area contributed by atoms with E-state index in [0.717, 1.165) is 4.47 Å². The highest BCUT2D eigenvalue weighted by molar-refractivity contribution is 9.10. The van der Waals surface area contributed by atoms with Crippen LogP contribution in [-0.4, -0.2) is 10.9 Å². The first-order valence-corrected chi connectivity index (χ1v) is 7.45. The number of carbonyl (C=O) groups is 1. The van der Waals surface area contributed by atoms with Gasteiger partial charge in [0.05, 0.1) is 4.47 Å². The Labute approximate surface area is 117 Å². The zero-order chi connectivity index (χ0) is 12.8. The van der Waals surface area contributed by atoms with Crippen LogP contribution in [0.2, 0.25) is 0 Å². The fourth-order valence-corrected chi connectivity index (χ4v) is 2.85. The molecular formula is C14H19BrN2O. The van der Waals surface area contributed by atoms with Gasteiger partial charge in [0.25, 0.3) is 0 Å². The van der Waals surface area contributed by atoms with Crippen molar-refractivity contribution in [3.63, 3.8) is 0 Å². The number of rotatable bonds is 3. The van der Waals surface area contributed by atoms with Crippen molar-refractivity contribution in [2.45, 2.75) is 44.9 Å². The van der Waals surface area contributed by atoms with Gasteiger partial charge in [-0.2, -0.15) is 0 Å². The molecule has 3 nitrogen and oxygen atoms in total. The lowest BCUT2D eigenvalue weighted by atomic mass is 9.96. The van der Waals surface area contributed by atoms with Gasteiger partial charge >= 0.3 is 0 Å². The molecule has 2 rings (SSSR count). The fraction of sp³-hybridized carbons (Fsp3) is 0.571. The molecule has 0 spiro atoms. The van der Waals surface area contributed by atoms with Crippen molar-refractivity contribution >= 4 is 27.7 Å². The van der Waals surface area contributed by atoms with Gasteiger partial charge in [0.2, 0.25) is 5.91 Å². The first kappa shape index (κ1) is 13.5. The summed E-state index contributed by atoms with van der Waals surface area (Å²) < 4.78 is 0.833. The standard InChI is InChI=1S/C14H19BrN2O/c15-12-8-5-9-16-14(12)17-13(18)10-11-6-3-1-2-4-7-11/h5,8-9,11H,1-4,6-7,10H2,(H,16,17,18). The molecule has 4 heteroatoms. The van der Waals surface area contributed by atoms with E-state index in [-0.39, 0.29) is 5.91 Å². The molecule has 0 radical (unpaired) electrons. The molecule has 1 N–H and O–H groups in total. The first-order valence-electron chi connectivity index (χ1n) is 6.66. The second-order valence-electron chi connectivity index (χ2n) is 4.94. The van der Waals surface area contributed by atoms with Crippen LogP contribution in [0.3, 0.4) is 0 Å². The Balaban J connectivity index is 1.86. The molecule has 0 saturated heterocycles. The smallest absolute Gasteiger partial charge is 0.225 e. The molecule has 0 unspecified atom stereocenters. The van der Waals surface area contributed by atoms with E-state index in [2.05, 4.69) is 26.2 Å². The summed E-state index contributed by atoms with van der Waals surface area (Å²) >= 11 is 3.39. The zero-order valence-electron chi connectivity index (χ0n) is 10.5. The predicted octanol–water partition coefficient (Wildman–Crippen LogP) is 4.14. The van der Waals surface area contributed by atoms with E-state index in [4.69, 9.17) is 0 Å². The highest BCUT2D eigenvalue weighted by Crippen LogP contribution is 2.26. The summed E-state index contributed by atoms with van der Waals surface area (Å²) in [5, 5.41) is 2.88. The number of halogens is 1. The molecule has 1 aliphatic rings. The summed E-state index contributed by atoms with van der Waals surface area (Å²) in [6.45, 7) is 0. The van der Waals surface area contributed by atoms with Crippen LogP contribution in [0, 0.1) is 5.92 Å². The number of hydrogen-bond acceptors (Lipinski definition) is 2. The summed E-state index contributed by atoms with van der Waals surface area (Å²) in [6.07, 6.45) is 9.88. The topological polar surface area (TPSA) is 42.0 Å². The Hall–Kier alpha value is -0.900. The normalized spacial score (nSPS) is 17.2. The van der Waals surface area contributed by atoms with Gasteiger partial charge in [-0.3, -0.25) is 4.79 Å². The summed E-state index contributed by atoms with van der Waals surface area (Å²) in [5.74, 6) is 1.26. The number of carbonyl (C=O) groups excluding carboxylic acids is 1. The first-order chi connectivity index (χ1) is 8.75. The Morgan fingerprint density at radius 3 is 2.72 bits per heavy atom. The summed E-state index contributed by atoms with van der Waals surface area (Å²) in [7, 11) is 0. The molecule has 18 heavy (non-hydrogen) atoms. The SMILES string of the molecule is O=C(CC1CCCCCC1)Nc1ncccc1Br. The van der Waals surface area contributed by atoms with Crippen LogP contribution >= 0.6 is 15.9 Å². The van der Waals surface area contributed by atoms with Gasteiger partial charge in [-0.1, -0.05) is 25.7 Å². The van der Waals surface area contributed by atoms with Crippen molar-refractivity contribution in [2.24, 2.45) is 5.92 Å². The summed E-state index contributed by atoms with van der Waals surface area (Å²) in [4.78, 5) is 16.1. The van der Waals surface area contributed by atoms with Gasteiger partial charge in [0, 0.05) is 12.6 Å². The second kappa shape index (κ2) is 6.88. The van der Waals surface area contributed by atoms with Crippen molar-refractivity contribution in [1.82, 2.24) is 4.98 Å². The maximum absolute atomic E-state index is 12.0. The van der Waals surface area contributed by atoms with E-state index in [0.29, 0.717) is 18.2 Å². The number of aromatic nitrogens is 1. The van der Waals surface area contributed by atoms with E-state index in [1.807, 2.05) is 12.1 Å². The molecule has 0 aromatic carbocycles. The third-order valence-corrected chi connectivity index (χ3v) is 4.11. The van der Waals surface area contributed by atoms with Crippen LogP contribution in [0.4, 0.5) is 5.82 Å². The summed E-state index contributed by atoms with van der Waals surface area (Å²) in [5.41, 5.74) is 0. The molecule has 1 aromatic rings.